The lowest BCUT2D eigenvalue weighted by molar-refractivity contribution is 0.234. The highest BCUT2D eigenvalue weighted by Gasteiger charge is 2.24. The SMILES string of the molecule is CCOc1cc(Cl)c(C(N)CC(C)C(C)(C)C)cc1Cl. The van der Waals surface area contributed by atoms with Gasteiger partial charge in [0.05, 0.1) is 11.6 Å². The van der Waals surface area contributed by atoms with Crippen molar-refractivity contribution in [3.8, 4) is 5.75 Å². The van der Waals surface area contributed by atoms with Crippen LogP contribution in [0.5, 0.6) is 5.75 Å². The van der Waals surface area contributed by atoms with Crippen molar-refractivity contribution >= 4 is 23.2 Å². The van der Waals surface area contributed by atoms with Crippen molar-refractivity contribution in [3.63, 3.8) is 0 Å². The minimum atomic E-state index is -0.120. The Morgan fingerprint density at radius 3 is 2.30 bits per heavy atom. The molecule has 2 nitrogen and oxygen atoms in total. The fourth-order valence-corrected chi connectivity index (χ4v) is 2.48. The molecule has 2 N–H and O–H groups in total. The lowest BCUT2D eigenvalue weighted by atomic mass is 9.78. The van der Waals surface area contributed by atoms with Gasteiger partial charge in [0.1, 0.15) is 5.75 Å². The zero-order valence-corrected chi connectivity index (χ0v) is 14.5. The second-order valence-corrected chi connectivity index (χ2v) is 7.16. The first-order valence-electron chi connectivity index (χ1n) is 7.04. The summed E-state index contributed by atoms with van der Waals surface area (Å²) < 4.78 is 5.43. The third-order valence-electron chi connectivity index (χ3n) is 3.84. The molecule has 0 saturated heterocycles. The van der Waals surface area contributed by atoms with Crippen LogP contribution in [0, 0.1) is 11.3 Å². The van der Waals surface area contributed by atoms with Crippen LogP contribution in [-0.2, 0) is 0 Å². The summed E-state index contributed by atoms with van der Waals surface area (Å²) in [6, 6.07) is 3.46. The molecule has 114 valence electrons. The van der Waals surface area contributed by atoms with Gasteiger partial charge in [-0.2, -0.15) is 0 Å². The first kappa shape index (κ1) is 17.6. The summed E-state index contributed by atoms with van der Waals surface area (Å²) in [5.41, 5.74) is 7.41. The molecule has 0 fully saturated rings. The second kappa shape index (κ2) is 7.02. The fourth-order valence-electron chi connectivity index (χ4n) is 1.96. The van der Waals surface area contributed by atoms with E-state index in [1.54, 1.807) is 6.07 Å². The molecular formula is C16H25Cl2NO. The van der Waals surface area contributed by atoms with Gasteiger partial charge < -0.3 is 10.5 Å². The summed E-state index contributed by atoms with van der Waals surface area (Å²) in [6.45, 7) is 11.3. The molecular weight excluding hydrogens is 293 g/mol. The molecule has 2 atom stereocenters. The third kappa shape index (κ3) is 4.54. The van der Waals surface area contributed by atoms with Crippen molar-refractivity contribution in [3.05, 3.63) is 27.7 Å². The summed E-state index contributed by atoms with van der Waals surface area (Å²) >= 11 is 12.5. The van der Waals surface area contributed by atoms with E-state index in [9.17, 15) is 0 Å². The molecule has 0 aliphatic rings. The lowest BCUT2D eigenvalue weighted by Gasteiger charge is -2.30. The molecule has 20 heavy (non-hydrogen) atoms. The smallest absolute Gasteiger partial charge is 0.139 e. The van der Waals surface area contributed by atoms with Crippen LogP contribution in [0.3, 0.4) is 0 Å². The second-order valence-electron chi connectivity index (χ2n) is 6.35. The van der Waals surface area contributed by atoms with Crippen molar-refractivity contribution in [1.82, 2.24) is 0 Å². The first-order valence-corrected chi connectivity index (χ1v) is 7.79. The average Bonchev–Trinajstić information content (AvgIpc) is 2.32. The molecule has 0 saturated carbocycles. The molecule has 2 unspecified atom stereocenters. The van der Waals surface area contributed by atoms with Gasteiger partial charge in [0.25, 0.3) is 0 Å². The Labute approximate surface area is 132 Å². The molecule has 0 radical (unpaired) electrons. The van der Waals surface area contributed by atoms with E-state index in [4.69, 9.17) is 33.7 Å². The van der Waals surface area contributed by atoms with Gasteiger partial charge in [0, 0.05) is 17.1 Å². The zero-order valence-electron chi connectivity index (χ0n) is 13.0. The van der Waals surface area contributed by atoms with Crippen molar-refractivity contribution < 1.29 is 4.74 Å². The van der Waals surface area contributed by atoms with Gasteiger partial charge in [-0.1, -0.05) is 50.9 Å². The number of rotatable bonds is 5. The van der Waals surface area contributed by atoms with E-state index in [1.165, 1.54) is 0 Å². The van der Waals surface area contributed by atoms with Crippen LogP contribution in [0.25, 0.3) is 0 Å². The summed E-state index contributed by atoms with van der Waals surface area (Å²) in [5, 5.41) is 1.18. The quantitative estimate of drug-likeness (QED) is 0.782. The maximum Gasteiger partial charge on any atom is 0.139 e. The van der Waals surface area contributed by atoms with Gasteiger partial charge in [-0.25, -0.2) is 0 Å². The molecule has 1 rings (SSSR count). The molecule has 0 aliphatic carbocycles. The highest BCUT2D eigenvalue weighted by atomic mass is 35.5. The minimum Gasteiger partial charge on any atom is -0.492 e. The molecule has 0 amide bonds. The number of ether oxygens (including phenoxy) is 1. The normalized spacial score (nSPS) is 15.0. The standard InChI is InChI=1S/C16H25Cl2NO/c1-6-20-15-9-12(17)11(8-13(15)18)14(19)7-10(2)16(3,4)5/h8-10,14H,6-7,19H2,1-5H3. The van der Waals surface area contributed by atoms with E-state index in [-0.39, 0.29) is 11.5 Å². The summed E-state index contributed by atoms with van der Waals surface area (Å²) in [5.74, 6) is 1.10. The molecule has 0 aromatic heterocycles. The topological polar surface area (TPSA) is 35.2 Å². The Bertz CT molecular complexity index is 455. The molecule has 0 heterocycles. The zero-order chi connectivity index (χ0) is 15.5. The predicted octanol–water partition coefficient (Wildman–Crippen LogP) is 5.46. The Kier molecular flexibility index (Phi) is 6.18. The van der Waals surface area contributed by atoms with E-state index in [2.05, 4.69) is 27.7 Å². The maximum absolute atomic E-state index is 6.31. The van der Waals surface area contributed by atoms with Gasteiger partial charge >= 0.3 is 0 Å². The van der Waals surface area contributed by atoms with Crippen molar-refractivity contribution in [2.75, 3.05) is 6.61 Å². The minimum absolute atomic E-state index is 0.120. The van der Waals surface area contributed by atoms with E-state index in [0.29, 0.717) is 28.3 Å². The Morgan fingerprint density at radius 2 is 1.80 bits per heavy atom. The maximum atomic E-state index is 6.31. The van der Waals surface area contributed by atoms with E-state index < -0.39 is 0 Å². The highest BCUT2D eigenvalue weighted by molar-refractivity contribution is 6.34. The van der Waals surface area contributed by atoms with Crippen LogP contribution in [0.1, 0.15) is 52.6 Å². The van der Waals surface area contributed by atoms with Crippen LogP contribution in [0.15, 0.2) is 12.1 Å². The number of benzene rings is 1. The highest BCUT2D eigenvalue weighted by Crippen LogP contribution is 2.38. The van der Waals surface area contributed by atoms with Gasteiger partial charge in [-0.3, -0.25) is 0 Å². The number of hydrogen-bond donors (Lipinski definition) is 1. The third-order valence-corrected chi connectivity index (χ3v) is 4.46. The summed E-state index contributed by atoms with van der Waals surface area (Å²) in [6.07, 6.45) is 0.869. The van der Waals surface area contributed by atoms with Crippen LogP contribution < -0.4 is 10.5 Å². The van der Waals surface area contributed by atoms with Crippen LogP contribution >= 0.6 is 23.2 Å². The van der Waals surface area contributed by atoms with Crippen LogP contribution in [0.2, 0.25) is 10.0 Å². The van der Waals surface area contributed by atoms with Crippen molar-refractivity contribution in [2.45, 2.75) is 47.1 Å². The number of hydrogen-bond acceptors (Lipinski definition) is 2. The first-order chi connectivity index (χ1) is 9.16. The van der Waals surface area contributed by atoms with Crippen molar-refractivity contribution in [2.24, 2.45) is 17.1 Å². The van der Waals surface area contributed by atoms with Gasteiger partial charge in [0.15, 0.2) is 0 Å². The fraction of sp³-hybridized carbons (Fsp3) is 0.625. The van der Waals surface area contributed by atoms with E-state index in [1.807, 2.05) is 13.0 Å². The molecule has 0 bridgehead atoms. The predicted molar refractivity (Wildman–Crippen MR) is 87.8 cm³/mol. The molecule has 0 aliphatic heterocycles. The number of halogens is 2. The molecule has 1 aromatic carbocycles. The molecule has 1 aromatic rings. The average molecular weight is 318 g/mol. The van der Waals surface area contributed by atoms with Crippen LogP contribution in [-0.4, -0.2) is 6.61 Å². The van der Waals surface area contributed by atoms with Crippen molar-refractivity contribution in [1.29, 1.82) is 0 Å². The van der Waals surface area contributed by atoms with Gasteiger partial charge in [-0.05, 0) is 36.3 Å². The Hall–Kier alpha value is -0.440. The largest absolute Gasteiger partial charge is 0.492 e. The van der Waals surface area contributed by atoms with E-state index in [0.717, 1.165) is 12.0 Å². The molecule has 4 heteroatoms. The Morgan fingerprint density at radius 1 is 1.20 bits per heavy atom. The summed E-state index contributed by atoms with van der Waals surface area (Å²) in [4.78, 5) is 0. The van der Waals surface area contributed by atoms with E-state index >= 15 is 0 Å². The monoisotopic (exact) mass is 317 g/mol. The Balaban J connectivity index is 2.94. The lowest BCUT2D eigenvalue weighted by Crippen LogP contribution is -2.23. The number of nitrogens with two attached hydrogens (primary N) is 1. The van der Waals surface area contributed by atoms with Gasteiger partial charge in [0.2, 0.25) is 0 Å². The molecule has 0 spiro atoms. The summed E-state index contributed by atoms with van der Waals surface area (Å²) in [7, 11) is 0. The van der Waals surface area contributed by atoms with Gasteiger partial charge in [-0.15, -0.1) is 0 Å². The van der Waals surface area contributed by atoms with Crippen LogP contribution in [0.4, 0.5) is 0 Å².